The highest BCUT2D eigenvalue weighted by Crippen LogP contribution is 2.33. The molecule has 1 aromatic carbocycles. The van der Waals surface area contributed by atoms with Crippen LogP contribution in [0.2, 0.25) is 0 Å². The van der Waals surface area contributed by atoms with Crippen LogP contribution in [0.25, 0.3) is 0 Å². The van der Waals surface area contributed by atoms with Crippen LogP contribution in [0.4, 0.5) is 23.2 Å². The normalized spacial score (nSPS) is 11.3. The first-order valence-electron chi connectivity index (χ1n) is 6.12. The smallest absolute Gasteiger partial charge is 0.380 e. The first kappa shape index (κ1) is 15.7. The Kier molecular flexibility index (Phi) is 4.30. The Bertz CT molecular complexity index is 701. The van der Waals surface area contributed by atoms with Gasteiger partial charge in [0.25, 0.3) is 5.91 Å². The molecule has 4 nitrogen and oxygen atoms in total. The zero-order chi connectivity index (χ0) is 16.3. The first-order chi connectivity index (χ1) is 10.3. The van der Waals surface area contributed by atoms with Crippen molar-refractivity contribution in [2.45, 2.75) is 12.7 Å². The number of primary amides is 1. The van der Waals surface area contributed by atoms with Crippen LogP contribution in [-0.4, -0.2) is 10.9 Å². The zero-order valence-corrected chi connectivity index (χ0v) is 11.1. The van der Waals surface area contributed by atoms with Gasteiger partial charge in [-0.3, -0.25) is 9.78 Å². The molecule has 0 bridgehead atoms. The topological polar surface area (TPSA) is 68.0 Å². The molecule has 0 aliphatic rings. The molecule has 116 valence electrons. The van der Waals surface area contributed by atoms with Gasteiger partial charge in [-0.25, -0.2) is 4.39 Å². The molecule has 0 radical (unpaired) electrons. The van der Waals surface area contributed by atoms with Gasteiger partial charge in [0.15, 0.2) is 0 Å². The Hall–Kier alpha value is -2.64. The van der Waals surface area contributed by atoms with Gasteiger partial charge >= 0.3 is 6.18 Å². The maximum atomic E-state index is 13.0. The monoisotopic (exact) mass is 313 g/mol. The van der Waals surface area contributed by atoms with E-state index in [1.165, 1.54) is 18.5 Å². The Balaban J connectivity index is 2.28. The van der Waals surface area contributed by atoms with Crippen LogP contribution in [0.3, 0.4) is 0 Å². The summed E-state index contributed by atoms with van der Waals surface area (Å²) < 4.78 is 51.7. The van der Waals surface area contributed by atoms with Crippen molar-refractivity contribution >= 4 is 11.6 Å². The van der Waals surface area contributed by atoms with E-state index in [4.69, 9.17) is 5.73 Å². The molecule has 0 saturated heterocycles. The van der Waals surface area contributed by atoms with E-state index in [0.717, 1.165) is 12.1 Å². The van der Waals surface area contributed by atoms with E-state index >= 15 is 0 Å². The van der Waals surface area contributed by atoms with E-state index in [-0.39, 0.29) is 23.4 Å². The van der Waals surface area contributed by atoms with Gasteiger partial charge in [-0.15, -0.1) is 0 Å². The van der Waals surface area contributed by atoms with Crippen molar-refractivity contribution in [3.05, 3.63) is 59.2 Å². The Morgan fingerprint density at radius 3 is 2.64 bits per heavy atom. The van der Waals surface area contributed by atoms with E-state index in [1.54, 1.807) is 0 Å². The molecule has 1 heterocycles. The molecule has 1 aromatic heterocycles. The summed E-state index contributed by atoms with van der Waals surface area (Å²) in [5.74, 6) is -1.73. The molecule has 0 unspecified atom stereocenters. The van der Waals surface area contributed by atoms with Gasteiger partial charge in [0.2, 0.25) is 0 Å². The summed E-state index contributed by atoms with van der Waals surface area (Å²) in [6.07, 6.45) is -2.10. The number of amides is 1. The van der Waals surface area contributed by atoms with Gasteiger partial charge in [-0.1, -0.05) is 6.07 Å². The van der Waals surface area contributed by atoms with Crippen molar-refractivity contribution in [1.82, 2.24) is 4.98 Å². The van der Waals surface area contributed by atoms with Gasteiger partial charge < -0.3 is 11.1 Å². The fraction of sp³-hybridized carbons (Fsp3) is 0.143. The largest absolute Gasteiger partial charge is 0.416 e. The molecule has 0 aliphatic heterocycles. The molecule has 1 amide bonds. The number of benzene rings is 1. The van der Waals surface area contributed by atoms with Crippen LogP contribution in [0, 0.1) is 5.82 Å². The van der Waals surface area contributed by atoms with E-state index in [2.05, 4.69) is 10.3 Å². The first-order valence-corrected chi connectivity index (χ1v) is 6.12. The van der Waals surface area contributed by atoms with Crippen LogP contribution < -0.4 is 11.1 Å². The molecule has 0 aliphatic carbocycles. The summed E-state index contributed by atoms with van der Waals surface area (Å²) in [6, 6.07) is 3.82. The summed E-state index contributed by atoms with van der Waals surface area (Å²) in [7, 11) is 0. The third kappa shape index (κ3) is 3.51. The Labute approximate surface area is 123 Å². The highest BCUT2D eigenvalue weighted by Gasteiger charge is 2.33. The summed E-state index contributed by atoms with van der Waals surface area (Å²) in [4.78, 5) is 14.9. The van der Waals surface area contributed by atoms with Crippen molar-refractivity contribution in [2.75, 3.05) is 5.32 Å². The third-order valence-corrected chi connectivity index (χ3v) is 2.93. The van der Waals surface area contributed by atoms with Crippen LogP contribution in [0.15, 0.2) is 36.7 Å². The van der Waals surface area contributed by atoms with Crippen LogP contribution in [0.1, 0.15) is 21.5 Å². The third-order valence-electron chi connectivity index (χ3n) is 2.93. The maximum absolute atomic E-state index is 13.0. The molecule has 0 fully saturated rings. The molecule has 0 spiro atoms. The number of carbonyl (C=O) groups excluding carboxylic acids is 1. The zero-order valence-electron chi connectivity index (χ0n) is 11.1. The molecule has 8 heteroatoms. The van der Waals surface area contributed by atoms with Crippen molar-refractivity contribution in [3.63, 3.8) is 0 Å². The number of hydrogen-bond donors (Lipinski definition) is 2. The maximum Gasteiger partial charge on any atom is 0.416 e. The second-order valence-electron chi connectivity index (χ2n) is 4.44. The lowest BCUT2D eigenvalue weighted by Crippen LogP contribution is -2.16. The SMILES string of the molecule is NC(=O)c1cnccc1NCc1ccc(F)cc1C(F)(F)F. The minimum Gasteiger partial charge on any atom is -0.380 e. The molecule has 0 saturated carbocycles. The lowest BCUT2D eigenvalue weighted by molar-refractivity contribution is -0.138. The van der Waals surface area contributed by atoms with Crippen LogP contribution in [-0.2, 0) is 12.7 Å². The Morgan fingerprint density at radius 1 is 1.27 bits per heavy atom. The van der Waals surface area contributed by atoms with Gasteiger partial charge in [-0.05, 0) is 23.8 Å². The number of aromatic nitrogens is 1. The molecule has 22 heavy (non-hydrogen) atoms. The van der Waals surface area contributed by atoms with E-state index in [1.807, 2.05) is 0 Å². The number of nitrogens with one attached hydrogen (secondary N) is 1. The number of carbonyl (C=O) groups is 1. The summed E-state index contributed by atoms with van der Waals surface area (Å²) in [6.45, 7) is -0.251. The molecule has 0 atom stereocenters. The lowest BCUT2D eigenvalue weighted by atomic mass is 10.1. The predicted molar refractivity (Wildman–Crippen MR) is 71.5 cm³/mol. The van der Waals surface area contributed by atoms with Crippen molar-refractivity contribution in [3.8, 4) is 0 Å². The van der Waals surface area contributed by atoms with Gasteiger partial charge in [0, 0.05) is 18.9 Å². The van der Waals surface area contributed by atoms with E-state index < -0.39 is 23.5 Å². The highest BCUT2D eigenvalue weighted by atomic mass is 19.4. The molecule has 2 aromatic rings. The average molecular weight is 313 g/mol. The molecule has 2 rings (SSSR count). The fourth-order valence-corrected chi connectivity index (χ4v) is 1.90. The molecular formula is C14H11F4N3O. The summed E-state index contributed by atoms with van der Waals surface area (Å²) in [5.41, 5.74) is 4.23. The lowest BCUT2D eigenvalue weighted by Gasteiger charge is -2.15. The van der Waals surface area contributed by atoms with Crippen molar-refractivity contribution in [2.24, 2.45) is 5.73 Å². The number of nitrogens with zero attached hydrogens (tertiary/aromatic N) is 1. The van der Waals surface area contributed by atoms with Gasteiger partial charge in [0.05, 0.1) is 16.8 Å². The number of rotatable bonds is 4. The van der Waals surface area contributed by atoms with E-state index in [0.29, 0.717) is 6.07 Å². The molecular weight excluding hydrogens is 302 g/mol. The van der Waals surface area contributed by atoms with Gasteiger partial charge in [-0.2, -0.15) is 13.2 Å². The second-order valence-corrected chi connectivity index (χ2v) is 4.44. The number of alkyl halides is 3. The van der Waals surface area contributed by atoms with Crippen molar-refractivity contribution < 1.29 is 22.4 Å². The summed E-state index contributed by atoms with van der Waals surface area (Å²) in [5, 5.41) is 2.68. The van der Waals surface area contributed by atoms with E-state index in [9.17, 15) is 22.4 Å². The minimum absolute atomic E-state index is 0.0539. The number of hydrogen-bond acceptors (Lipinski definition) is 3. The number of anilines is 1. The highest BCUT2D eigenvalue weighted by molar-refractivity contribution is 5.98. The standard InChI is InChI=1S/C14H11F4N3O/c15-9-2-1-8(11(5-9)14(16,17)18)6-21-12-3-4-20-7-10(12)13(19)22/h1-5,7H,6H2,(H2,19,22)(H,20,21). The number of nitrogens with two attached hydrogens (primary N) is 1. The summed E-state index contributed by atoms with van der Waals surface area (Å²) >= 11 is 0. The van der Waals surface area contributed by atoms with Crippen LogP contribution in [0.5, 0.6) is 0 Å². The second kappa shape index (κ2) is 6.00. The molecule has 3 N–H and O–H groups in total. The Morgan fingerprint density at radius 2 is 2.00 bits per heavy atom. The predicted octanol–water partition coefficient (Wildman–Crippen LogP) is 2.95. The fourth-order valence-electron chi connectivity index (χ4n) is 1.90. The van der Waals surface area contributed by atoms with Crippen LogP contribution >= 0.6 is 0 Å². The average Bonchev–Trinajstić information content (AvgIpc) is 2.45. The van der Waals surface area contributed by atoms with Gasteiger partial charge in [0.1, 0.15) is 5.82 Å². The minimum atomic E-state index is -4.68. The quantitative estimate of drug-likeness (QED) is 0.853. The number of pyridine rings is 1. The van der Waals surface area contributed by atoms with Crippen molar-refractivity contribution in [1.29, 1.82) is 0 Å². The number of halogens is 4.